The molecule has 0 aliphatic rings. The monoisotopic (exact) mass is 291 g/mol. The Morgan fingerprint density at radius 1 is 1.10 bits per heavy atom. The van der Waals surface area contributed by atoms with Crippen molar-refractivity contribution in [3.8, 4) is 0 Å². The fourth-order valence-corrected chi connectivity index (χ4v) is 1.90. The van der Waals surface area contributed by atoms with Crippen LogP contribution in [0.3, 0.4) is 0 Å². The summed E-state index contributed by atoms with van der Waals surface area (Å²) in [7, 11) is 0. The van der Waals surface area contributed by atoms with Gasteiger partial charge in [0.2, 0.25) is 0 Å². The first-order chi connectivity index (χ1) is 9.78. The third kappa shape index (κ3) is 5.10. The van der Waals surface area contributed by atoms with Crippen LogP contribution in [0.1, 0.15) is 45.0 Å². The molecule has 0 aliphatic carbocycles. The van der Waals surface area contributed by atoms with Crippen molar-refractivity contribution in [3.05, 3.63) is 29.8 Å². The summed E-state index contributed by atoms with van der Waals surface area (Å²) in [6, 6.07) is 6.82. The van der Waals surface area contributed by atoms with E-state index in [0.29, 0.717) is 24.3 Å². The van der Waals surface area contributed by atoms with Gasteiger partial charge in [0.15, 0.2) is 0 Å². The van der Waals surface area contributed by atoms with Crippen LogP contribution in [-0.2, 0) is 0 Å². The predicted molar refractivity (Wildman–Crippen MR) is 85.6 cm³/mol. The number of para-hydroxylation sites is 1. The number of nitrogens with one attached hydrogen (secondary N) is 2. The highest BCUT2D eigenvalue weighted by Gasteiger charge is 2.19. The number of carbonyl (C=O) groups is 2. The van der Waals surface area contributed by atoms with Crippen LogP contribution >= 0.6 is 0 Å². The van der Waals surface area contributed by atoms with Crippen LogP contribution in [0, 0.1) is 0 Å². The van der Waals surface area contributed by atoms with E-state index in [-0.39, 0.29) is 17.5 Å². The fourth-order valence-electron chi connectivity index (χ4n) is 1.90. The molecule has 5 heteroatoms. The fraction of sp³-hybridized carbons (Fsp3) is 0.500. The maximum Gasteiger partial charge on any atom is 0.321 e. The number of anilines is 1. The first kappa shape index (κ1) is 17.0. The summed E-state index contributed by atoms with van der Waals surface area (Å²) in [4.78, 5) is 26.1. The van der Waals surface area contributed by atoms with E-state index in [9.17, 15) is 9.59 Å². The quantitative estimate of drug-likeness (QED) is 0.895. The molecule has 21 heavy (non-hydrogen) atoms. The molecule has 2 N–H and O–H groups in total. The Labute approximate surface area is 126 Å². The summed E-state index contributed by atoms with van der Waals surface area (Å²) in [5.74, 6) is -0.196. The van der Waals surface area contributed by atoms with E-state index >= 15 is 0 Å². The second kappa shape index (κ2) is 7.11. The number of carbonyl (C=O) groups excluding carboxylic acids is 2. The van der Waals surface area contributed by atoms with E-state index in [2.05, 4.69) is 10.6 Å². The van der Waals surface area contributed by atoms with E-state index in [0.717, 1.165) is 0 Å². The lowest BCUT2D eigenvalue weighted by molar-refractivity contribution is 0.0920. The van der Waals surface area contributed by atoms with Gasteiger partial charge in [-0.2, -0.15) is 0 Å². The second-order valence-corrected chi connectivity index (χ2v) is 5.85. The van der Waals surface area contributed by atoms with E-state index in [4.69, 9.17) is 0 Å². The maximum atomic E-state index is 12.3. The van der Waals surface area contributed by atoms with Crippen molar-refractivity contribution in [2.45, 2.75) is 40.2 Å². The molecule has 1 rings (SSSR count). The average Bonchev–Trinajstić information content (AvgIpc) is 2.38. The van der Waals surface area contributed by atoms with Gasteiger partial charge in [-0.25, -0.2) is 4.79 Å². The SMILES string of the molecule is CCN(CC)C(=O)Nc1ccccc1C(=O)NC(C)(C)C. The molecular formula is C16H25N3O2. The van der Waals surface area contributed by atoms with E-state index in [1.807, 2.05) is 34.6 Å². The molecule has 0 saturated heterocycles. The molecule has 3 amide bonds. The van der Waals surface area contributed by atoms with Crippen LogP contribution in [0.15, 0.2) is 24.3 Å². The highest BCUT2D eigenvalue weighted by Crippen LogP contribution is 2.17. The lowest BCUT2D eigenvalue weighted by Crippen LogP contribution is -2.41. The Hall–Kier alpha value is -2.04. The van der Waals surface area contributed by atoms with Gasteiger partial charge >= 0.3 is 6.03 Å². The molecular weight excluding hydrogens is 266 g/mol. The Morgan fingerprint density at radius 3 is 2.19 bits per heavy atom. The molecule has 1 aromatic rings. The first-order valence-corrected chi connectivity index (χ1v) is 7.26. The zero-order valence-electron chi connectivity index (χ0n) is 13.5. The number of urea groups is 1. The minimum absolute atomic E-state index is 0.196. The molecule has 5 nitrogen and oxygen atoms in total. The van der Waals surface area contributed by atoms with Gasteiger partial charge in [-0.05, 0) is 46.8 Å². The second-order valence-electron chi connectivity index (χ2n) is 5.85. The zero-order valence-corrected chi connectivity index (χ0v) is 13.5. The summed E-state index contributed by atoms with van der Waals surface area (Å²) in [6.45, 7) is 10.8. The largest absolute Gasteiger partial charge is 0.347 e. The van der Waals surface area contributed by atoms with Crippen molar-refractivity contribution in [1.82, 2.24) is 10.2 Å². The number of nitrogens with zero attached hydrogens (tertiary/aromatic N) is 1. The lowest BCUT2D eigenvalue weighted by atomic mass is 10.1. The van der Waals surface area contributed by atoms with E-state index < -0.39 is 0 Å². The molecule has 1 aromatic carbocycles. The third-order valence-corrected chi connectivity index (χ3v) is 2.95. The van der Waals surface area contributed by atoms with Crippen molar-refractivity contribution >= 4 is 17.6 Å². The van der Waals surface area contributed by atoms with E-state index in [1.165, 1.54) is 0 Å². The number of hydrogen-bond donors (Lipinski definition) is 2. The minimum Gasteiger partial charge on any atom is -0.347 e. The summed E-state index contributed by atoms with van der Waals surface area (Å²) < 4.78 is 0. The molecule has 0 saturated carbocycles. The van der Waals surface area contributed by atoms with Gasteiger partial charge < -0.3 is 15.5 Å². The van der Waals surface area contributed by atoms with Gasteiger partial charge in [0, 0.05) is 18.6 Å². The van der Waals surface area contributed by atoms with Gasteiger partial charge in [-0.3, -0.25) is 4.79 Å². The van der Waals surface area contributed by atoms with Crippen molar-refractivity contribution in [3.63, 3.8) is 0 Å². The van der Waals surface area contributed by atoms with Gasteiger partial charge in [0.1, 0.15) is 0 Å². The Balaban J connectivity index is 2.94. The van der Waals surface area contributed by atoms with Crippen molar-refractivity contribution in [2.75, 3.05) is 18.4 Å². The molecule has 0 fully saturated rings. The van der Waals surface area contributed by atoms with Crippen molar-refractivity contribution in [2.24, 2.45) is 0 Å². The Bertz CT molecular complexity index is 502. The van der Waals surface area contributed by atoms with Crippen LogP contribution in [0.4, 0.5) is 10.5 Å². The molecule has 116 valence electrons. The first-order valence-electron chi connectivity index (χ1n) is 7.26. The van der Waals surface area contributed by atoms with Crippen LogP contribution in [-0.4, -0.2) is 35.5 Å². The molecule has 0 radical (unpaired) electrons. The molecule has 0 unspecified atom stereocenters. The lowest BCUT2D eigenvalue weighted by Gasteiger charge is -2.23. The minimum atomic E-state index is -0.326. The highest BCUT2D eigenvalue weighted by atomic mass is 16.2. The normalized spacial score (nSPS) is 10.9. The van der Waals surface area contributed by atoms with Crippen molar-refractivity contribution < 1.29 is 9.59 Å². The summed E-state index contributed by atoms with van der Waals surface area (Å²) in [6.07, 6.45) is 0. The summed E-state index contributed by atoms with van der Waals surface area (Å²) in [5, 5.41) is 5.71. The van der Waals surface area contributed by atoms with Crippen LogP contribution in [0.2, 0.25) is 0 Å². The third-order valence-electron chi connectivity index (χ3n) is 2.95. The summed E-state index contributed by atoms with van der Waals surface area (Å²) in [5.41, 5.74) is 0.664. The standard InChI is InChI=1S/C16H25N3O2/c1-6-19(7-2)15(21)17-13-11-9-8-10-12(13)14(20)18-16(3,4)5/h8-11H,6-7H2,1-5H3,(H,17,21)(H,18,20). The van der Waals surface area contributed by atoms with Crippen LogP contribution in [0.5, 0.6) is 0 Å². The smallest absolute Gasteiger partial charge is 0.321 e. The Kier molecular flexibility index (Phi) is 5.76. The average molecular weight is 291 g/mol. The highest BCUT2D eigenvalue weighted by molar-refractivity contribution is 6.03. The molecule has 0 aromatic heterocycles. The van der Waals surface area contributed by atoms with E-state index in [1.54, 1.807) is 29.2 Å². The molecule has 0 aliphatic heterocycles. The van der Waals surface area contributed by atoms with Gasteiger partial charge in [0.25, 0.3) is 5.91 Å². The van der Waals surface area contributed by atoms with Crippen molar-refractivity contribution in [1.29, 1.82) is 0 Å². The zero-order chi connectivity index (χ0) is 16.0. The number of rotatable bonds is 4. The molecule has 0 bridgehead atoms. The molecule has 0 heterocycles. The maximum absolute atomic E-state index is 12.3. The number of amides is 3. The number of hydrogen-bond acceptors (Lipinski definition) is 2. The Morgan fingerprint density at radius 2 is 1.67 bits per heavy atom. The van der Waals surface area contributed by atoms with Gasteiger partial charge in [-0.1, -0.05) is 12.1 Å². The topological polar surface area (TPSA) is 61.4 Å². The van der Waals surface area contributed by atoms with Gasteiger partial charge in [-0.15, -0.1) is 0 Å². The number of benzene rings is 1. The van der Waals surface area contributed by atoms with Crippen LogP contribution < -0.4 is 10.6 Å². The molecule has 0 atom stereocenters. The van der Waals surface area contributed by atoms with Crippen LogP contribution in [0.25, 0.3) is 0 Å². The summed E-state index contributed by atoms with van der Waals surface area (Å²) >= 11 is 0. The van der Waals surface area contributed by atoms with Gasteiger partial charge in [0.05, 0.1) is 11.3 Å². The predicted octanol–water partition coefficient (Wildman–Crippen LogP) is 3.09. The molecule has 0 spiro atoms.